The lowest BCUT2D eigenvalue weighted by Gasteiger charge is -2.31. The third kappa shape index (κ3) is 6.69. The van der Waals surface area contributed by atoms with Gasteiger partial charge in [-0.3, -0.25) is 9.59 Å². The molecule has 0 fully saturated rings. The van der Waals surface area contributed by atoms with E-state index in [-0.39, 0.29) is 18.2 Å². The van der Waals surface area contributed by atoms with Gasteiger partial charge in [-0.1, -0.05) is 83.9 Å². The molecule has 5 heteroatoms. The highest BCUT2D eigenvalue weighted by Crippen LogP contribution is 2.18. The zero-order chi connectivity index (χ0) is 22.9. The molecule has 3 aromatic carbocycles. The van der Waals surface area contributed by atoms with E-state index in [1.165, 1.54) is 0 Å². The van der Waals surface area contributed by atoms with Crippen LogP contribution < -0.4 is 5.32 Å². The van der Waals surface area contributed by atoms with Crippen molar-refractivity contribution in [3.8, 4) is 0 Å². The summed E-state index contributed by atoms with van der Waals surface area (Å²) in [6, 6.07) is 24.5. The Morgan fingerprint density at radius 2 is 1.59 bits per heavy atom. The Bertz CT molecular complexity index is 1040. The van der Waals surface area contributed by atoms with Crippen LogP contribution in [0.2, 0.25) is 5.02 Å². The summed E-state index contributed by atoms with van der Waals surface area (Å²) in [5, 5.41) is 3.55. The van der Waals surface area contributed by atoms with Crippen molar-refractivity contribution in [2.24, 2.45) is 0 Å². The van der Waals surface area contributed by atoms with Gasteiger partial charge in [0.05, 0.1) is 6.42 Å². The third-order valence-electron chi connectivity index (χ3n) is 5.33. The van der Waals surface area contributed by atoms with Gasteiger partial charge in [-0.15, -0.1) is 0 Å². The molecule has 3 aromatic rings. The maximum absolute atomic E-state index is 13.5. The molecule has 3 rings (SSSR count). The number of carbonyl (C=O) groups is 2. The van der Waals surface area contributed by atoms with Crippen molar-refractivity contribution in [2.75, 3.05) is 6.54 Å². The lowest BCUT2D eigenvalue weighted by atomic mass is 10.0. The van der Waals surface area contributed by atoms with E-state index in [4.69, 9.17) is 11.6 Å². The molecule has 0 heterocycles. The molecular weight excluding hydrogens is 420 g/mol. The topological polar surface area (TPSA) is 49.4 Å². The number of carbonyl (C=O) groups excluding carboxylic acids is 2. The first-order valence-corrected chi connectivity index (χ1v) is 11.2. The number of nitrogens with one attached hydrogen (secondary N) is 1. The van der Waals surface area contributed by atoms with E-state index >= 15 is 0 Å². The molecule has 0 saturated heterocycles. The Morgan fingerprint density at radius 1 is 0.906 bits per heavy atom. The molecule has 4 nitrogen and oxygen atoms in total. The molecule has 0 bridgehead atoms. The number of amides is 2. The predicted octanol–water partition coefficient (Wildman–Crippen LogP) is 4.97. The number of nitrogens with zero attached hydrogens (tertiary/aromatic N) is 1. The van der Waals surface area contributed by atoms with Gasteiger partial charge in [-0.2, -0.15) is 0 Å². The van der Waals surface area contributed by atoms with E-state index in [1.54, 1.807) is 17.0 Å². The van der Waals surface area contributed by atoms with Crippen molar-refractivity contribution in [1.82, 2.24) is 10.2 Å². The fourth-order valence-corrected chi connectivity index (χ4v) is 3.86. The van der Waals surface area contributed by atoms with Crippen molar-refractivity contribution < 1.29 is 9.59 Å². The monoisotopic (exact) mass is 448 g/mol. The molecule has 32 heavy (non-hydrogen) atoms. The van der Waals surface area contributed by atoms with E-state index in [9.17, 15) is 9.59 Å². The summed E-state index contributed by atoms with van der Waals surface area (Å²) in [5.74, 6) is -0.241. The van der Waals surface area contributed by atoms with Crippen molar-refractivity contribution in [1.29, 1.82) is 0 Å². The first kappa shape index (κ1) is 23.6. The summed E-state index contributed by atoms with van der Waals surface area (Å²) in [4.78, 5) is 28.4. The quantitative estimate of drug-likeness (QED) is 0.502. The van der Waals surface area contributed by atoms with E-state index in [0.29, 0.717) is 24.5 Å². The highest BCUT2D eigenvalue weighted by Gasteiger charge is 2.30. The van der Waals surface area contributed by atoms with Crippen LogP contribution in [0.15, 0.2) is 78.9 Å². The average Bonchev–Trinajstić information content (AvgIpc) is 2.78. The normalized spacial score (nSPS) is 11.6. The van der Waals surface area contributed by atoms with Gasteiger partial charge in [-0.05, 0) is 42.7 Å². The predicted molar refractivity (Wildman–Crippen MR) is 130 cm³/mol. The Labute approximate surface area is 195 Å². The van der Waals surface area contributed by atoms with Crippen LogP contribution in [0.4, 0.5) is 0 Å². The molecular formula is C27H29ClN2O2. The molecule has 0 aliphatic carbocycles. The van der Waals surface area contributed by atoms with Crippen LogP contribution in [0, 0.1) is 6.92 Å². The highest BCUT2D eigenvalue weighted by molar-refractivity contribution is 6.30. The van der Waals surface area contributed by atoms with Gasteiger partial charge in [0.25, 0.3) is 0 Å². The van der Waals surface area contributed by atoms with Crippen LogP contribution >= 0.6 is 11.6 Å². The standard InChI is InChI=1S/C27H29ClN2O2/c1-3-29-27(32)25(17-21-9-5-4-6-10-21)30(19-23-11-7-8-20(2)16-23)26(31)18-22-12-14-24(28)15-13-22/h4-16,25H,3,17-19H2,1-2H3,(H,29,32). The fourth-order valence-electron chi connectivity index (χ4n) is 3.73. The summed E-state index contributed by atoms with van der Waals surface area (Å²) in [7, 11) is 0. The summed E-state index contributed by atoms with van der Waals surface area (Å²) in [6.45, 7) is 4.78. The van der Waals surface area contributed by atoms with Crippen LogP contribution in [0.1, 0.15) is 29.2 Å². The molecule has 0 aliphatic rings. The van der Waals surface area contributed by atoms with Crippen LogP contribution in [0.5, 0.6) is 0 Å². The van der Waals surface area contributed by atoms with Crippen molar-refractivity contribution in [3.05, 3.63) is 106 Å². The molecule has 1 atom stereocenters. The second-order valence-corrected chi connectivity index (χ2v) is 8.35. The zero-order valence-electron chi connectivity index (χ0n) is 18.6. The second kappa shape index (κ2) is 11.5. The number of hydrogen-bond acceptors (Lipinski definition) is 2. The van der Waals surface area contributed by atoms with Gasteiger partial charge in [0.2, 0.25) is 11.8 Å². The van der Waals surface area contributed by atoms with Gasteiger partial charge in [0, 0.05) is 24.5 Å². The number of hydrogen-bond donors (Lipinski definition) is 1. The number of likely N-dealkylation sites (N-methyl/N-ethyl adjacent to an activating group) is 1. The SMILES string of the molecule is CCNC(=O)C(Cc1ccccc1)N(Cc1cccc(C)c1)C(=O)Cc1ccc(Cl)cc1. The summed E-state index contributed by atoms with van der Waals surface area (Å²) >= 11 is 6.00. The number of halogens is 1. The third-order valence-corrected chi connectivity index (χ3v) is 5.58. The maximum Gasteiger partial charge on any atom is 0.243 e. The summed E-state index contributed by atoms with van der Waals surface area (Å²) < 4.78 is 0. The average molecular weight is 449 g/mol. The smallest absolute Gasteiger partial charge is 0.243 e. The fraction of sp³-hybridized carbons (Fsp3) is 0.259. The lowest BCUT2D eigenvalue weighted by molar-refractivity contribution is -0.140. The van der Waals surface area contributed by atoms with Gasteiger partial charge in [0.1, 0.15) is 6.04 Å². The Hall–Kier alpha value is -3.11. The van der Waals surface area contributed by atoms with Crippen molar-refractivity contribution in [2.45, 2.75) is 39.3 Å². The molecule has 166 valence electrons. The van der Waals surface area contributed by atoms with Crippen LogP contribution in [-0.4, -0.2) is 29.3 Å². The van der Waals surface area contributed by atoms with Crippen molar-refractivity contribution >= 4 is 23.4 Å². The van der Waals surface area contributed by atoms with E-state index < -0.39 is 6.04 Å². The number of benzene rings is 3. The lowest BCUT2D eigenvalue weighted by Crippen LogP contribution is -2.50. The molecule has 0 aliphatic heterocycles. The van der Waals surface area contributed by atoms with E-state index in [1.807, 2.05) is 74.5 Å². The Morgan fingerprint density at radius 3 is 2.25 bits per heavy atom. The van der Waals surface area contributed by atoms with Crippen LogP contribution in [-0.2, 0) is 29.0 Å². The highest BCUT2D eigenvalue weighted by atomic mass is 35.5. The molecule has 2 amide bonds. The molecule has 0 radical (unpaired) electrons. The van der Waals surface area contributed by atoms with Gasteiger partial charge < -0.3 is 10.2 Å². The summed E-state index contributed by atoms with van der Waals surface area (Å²) in [5.41, 5.74) is 3.99. The Balaban J connectivity index is 1.94. The molecule has 1 unspecified atom stereocenters. The first-order valence-electron chi connectivity index (χ1n) is 10.9. The van der Waals surface area contributed by atoms with Gasteiger partial charge in [0.15, 0.2) is 0 Å². The van der Waals surface area contributed by atoms with Crippen molar-refractivity contribution in [3.63, 3.8) is 0 Å². The van der Waals surface area contributed by atoms with E-state index in [2.05, 4.69) is 11.4 Å². The van der Waals surface area contributed by atoms with E-state index in [0.717, 1.165) is 22.3 Å². The molecule has 1 N–H and O–H groups in total. The molecule has 0 spiro atoms. The van der Waals surface area contributed by atoms with Crippen LogP contribution in [0.25, 0.3) is 0 Å². The number of aryl methyl sites for hydroxylation is 1. The largest absolute Gasteiger partial charge is 0.355 e. The number of rotatable bonds is 9. The minimum atomic E-state index is -0.613. The minimum absolute atomic E-state index is 0.0963. The Kier molecular flexibility index (Phi) is 8.46. The second-order valence-electron chi connectivity index (χ2n) is 7.91. The van der Waals surface area contributed by atoms with Gasteiger partial charge in [-0.25, -0.2) is 0 Å². The first-order chi connectivity index (χ1) is 15.5. The summed E-state index contributed by atoms with van der Waals surface area (Å²) in [6.07, 6.45) is 0.651. The molecule has 0 aromatic heterocycles. The maximum atomic E-state index is 13.5. The molecule has 0 saturated carbocycles. The van der Waals surface area contributed by atoms with Gasteiger partial charge >= 0.3 is 0 Å². The zero-order valence-corrected chi connectivity index (χ0v) is 19.3. The minimum Gasteiger partial charge on any atom is -0.355 e. The van der Waals surface area contributed by atoms with Crippen LogP contribution in [0.3, 0.4) is 0 Å².